The zero-order chi connectivity index (χ0) is 12.9. The molecule has 1 aliphatic heterocycles. The van der Waals surface area contributed by atoms with E-state index in [-0.39, 0.29) is 12.6 Å². The minimum Gasteiger partial charge on any atom is -0.374 e. The lowest BCUT2D eigenvalue weighted by Crippen LogP contribution is -2.49. The number of hydrogen-bond acceptors (Lipinski definition) is 4. The van der Waals surface area contributed by atoms with Gasteiger partial charge in [0.2, 0.25) is 0 Å². The SMILES string of the molecule is CC(C)N1CCOC(CNOCC(F)(F)F)C1. The van der Waals surface area contributed by atoms with Crippen LogP contribution < -0.4 is 5.48 Å². The number of ether oxygens (including phenoxy) is 1. The Balaban J connectivity index is 2.15. The fourth-order valence-electron chi connectivity index (χ4n) is 1.62. The van der Waals surface area contributed by atoms with Crippen LogP contribution in [0.3, 0.4) is 0 Å². The Kier molecular flexibility index (Phi) is 5.64. The van der Waals surface area contributed by atoms with Crippen molar-refractivity contribution in [3.05, 3.63) is 0 Å². The van der Waals surface area contributed by atoms with Crippen LogP contribution in [0.15, 0.2) is 0 Å². The molecule has 0 spiro atoms. The summed E-state index contributed by atoms with van der Waals surface area (Å²) in [5.74, 6) is 0. The van der Waals surface area contributed by atoms with Crippen LogP contribution in [-0.4, -0.2) is 56.1 Å². The highest BCUT2D eigenvalue weighted by Crippen LogP contribution is 2.13. The summed E-state index contributed by atoms with van der Waals surface area (Å²) in [5, 5.41) is 0. The van der Waals surface area contributed by atoms with Crippen molar-refractivity contribution in [2.75, 3.05) is 32.8 Å². The first kappa shape index (κ1) is 14.7. The Morgan fingerprint density at radius 2 is 2.18 bits per heavy atom. The fourth-order valence-corrected chi connectivity index (χ4v) is 1.62. The smallest absolute Gasteiger partial charge is 0.374 e. The number of nitrogens with one attached hydrogen (secondary N) is 1. The molecule has 0 saturated carbocycles. The van der Waals surface area contributed by atoms with Crippen LogP contribution >= 0.6 is 0 Å². The first-order chi connectivity index (χ1) is 7.88. The summed E-state index contributed by atoms with van der Waals surface area (Å²) in [5.41, 5.74) is 2.30. The molecule has 1 aliphatic rings. The van der Waals surface area contributed by atoms with Crippen molar-refractivity contribution in [1.29, 1.82) is 0 Å². The Morgan fingerprint density at radius 1 is 1.47 bits per heavy atom. The van der Waals surface area contributed by atoms with Gasteiger partial charge >= 0.3 is 6.18 Å². The maximum Gasteiger partial charge on any atom is 0.413 e. The molecule has 1 atom stereocenters. The number of halogens is 3. The highest BCUT2D eigenvalue weighted by molar-refractivity contribution is 4.74. The second-order valence-electron chi connectivity index (χ2n) is 4.33. The molecule has 1 fully saturated rings. The molecule has 0 aromatic heterocycles. The van der Waals surface area contributed by atoms with Gasteiger partial charge in [0.1, 0.15) is 0 Å². The number of alkyl halides is 3. The average molecular weight is 256 g/mol. The molecule has 0 aromatic carbocycles. The van der Waals surface area contributed by atoms with E-state index in [9.17, 15) is 13.2 Å². The van der Waals surface area contributed by atoms with Gasteiger partial charge in [0, 0.05) is 25.7 Å². The molecule has 0 aliphatic carbocycles. The summed E-state index contributed by atoms with van der Waals surface area (Å²) >= 11 is 0. The summed E-state index contributed by atoms with van der Waals surface area (Å²) in [6, 6.07) is 0.414. The predicted octanol–water partition coefficient (Wildman–Crippen LogP) is 1.18. The van der Waals surface area contributed by atoms with E-state index in [1.807, 2.05) is 0 Å². The monoisotopic (exact) mass is 256 g/mol. The minimum atomic E-state index is -4.30. The van der Waals surface area contributed by atoms with Crippen molar-refractivity contribution in [3.63, 3.8) is 0 Å². The Hall–Kier alpha value is -0.370. The van der Waals surface area contributed by atoms with Gasteiger partial charge in [-0.15, -0.1) is 0 Å². The number of hydroxylamine groups is 1. The van der Waals surface area contributed by atoms with Gasteiger partial charge in [-0.1, -0.05) is 0 Å². The topological polar surface area (TPSA) is 33.7 Å². The van der Waals surface area contributed by atoms with Gasteiger partial charge in [-0.25, -0.2) is 0 Å². The van der Waals surface area contributed by atoms with Gasteiger partial charge < -0.3 is 4.74 Å². The molecular weight excluding hydrogens is 237 g/mol. The van der Waals surface area contributed by atoms with E-state index in [0.717, 1.165) is 6.54 Å². The summed E-state index contributed by atoms with van der Waals surface area (Å²) in [6.07, 6.45) is -4.43. The fraction of sp³-hybridized carbons (Fsp3) is 1.00. The number of nitrogens with zero attached hydrogens (tertiary/aromatic N) is 1. The summed E-state index contributed by atoms with van der Waals surface area (Å²) in [7, 11) is 0. The molecule has 4 nitrogen and oxygen atoms in total. The van der Waals surface area contributed by atoms with Crippen LogP contribution in [0.1, 0.15) is 13.8 Å². The van der Waals surface area contributed by atoms with Gasteiger partial charge in [-0.3, -0.25) is 9.74 Å². The van der Waals surface area contributed by atoms with Crippen LogP contribution in [0.5, 0.6) is 0 Å². The Morgan fingerprint density at radius 3 is 2.76 bits per heavy atom. The maximum absolute atomic E-state index is 11.8. The Labute approximate surface area is 99.0 Å². The van der Waals surface area contributed by atoms with Gasteiger partial charge in [0.05, 0.1) is 12.7 Å². The van der Waals surface area contributed by atoms with E-state index >= 15 is 0 Å². The van der Waals surface area contributed by atoms with Crippen molar-refractivity contribution in [2.45, 2.75) is 32.2 Å². The molecule has 0 amide bonds. The average Bonchev–Trinajstić information content (AvgIpc) is 2.23. The lowest BCUT2D eigenvalue weighted by Gasteiger charge is -2.35. The standard InChI is InChI=1S/C10H19F3N2O2/c1-8(2)15-3-4-16-9(6-15)5-14-17-7-10(11,12)13/h8-9,14H,3-7H2,1-2H3. The van der Waals surface area contributed by atoms with Crippen molar-refractivity contribution < 1.29 is 22.7 Å². The molecule has 1 saturated heterocycles. The van der Waals surface area contributed by atoms with Crippen LogP contribution in [0.25, 0.3) is 0 Å². The van der Waals surface area contributed by atoms with E-state index < -0.39 is 12.8 Å². The van der Waals surface area contributed by atoms with E-state index in [1.54, 1.807) is 0 Å². The molecule has 1 N–H and O–H groups in total. The van der Waals surface area contributed by atoms with Crippen molar-refractivity contribution in [1.82, 2.24) is 10.4 Å². The zero-order valence-corrected chi connectivity index (χ0v) is 10.1. The molecule has 7 heteroatoms. The normalized spacial score (nSPS) is 23.3. The van der Waals surface area contributed by atoms with E-state index in [0.29, 0.717) is 19.2 Å². The molecule has 102 valence electrons. The molecule has 1 unspecified atom stereocenters. The molecule has 0 bridgehead atoms. The first-order valence-electron chi connectivity index (χ1n) is 5.65. The highest BCUT2D eigenvalue weighted by atomic mass is 19.4. The van der Waals surface area contributed by atoms with Crippen LogP contribution in [0.2, 0.25) is 0 Å². The predicted molar refractivity (Wildman–Crippen MR) is 56.5 cm³/mol. The van der Waals surface area contributed by atoms with Crippen molar-refractivity contribution in [3.8, 4) is 0 Å². The molecule has 0 radical (unpaired) electrons. The lowest BCUT2D eigenvalue weighted by atomic mass is 10.2. The van der Waals surface area contributed by atoms with Gasteiger partial charge in [-0.05, 0) is 13.8 Å². The van der Waals surface area contributed by atoms with Gasteiger partial charge in [0.25, 0.3) is 0 Å². The Bertz CT molecular complexity index is 224. The number of rotatable bonds is 5. The number of morpholine rings is 1. The van der Waals surface area contributed by atoms with Crippen molar-refractivity contribution in [2.24, 2.45) is 0 Å². The molecule has 1 rings (SSSR count). The van der Waals surface area contributed by atoms with Crippen LogP contribution in [0, 0.1) is 0 Å². The lowest BCUT2D eigenvalue weighted by molar-refractivity contribution is -0.192. The van der Waals surface area contributed by atoms with E-state index in [4.69, 9.17) is 4.74 Å². The third-order valence-corrected chi connectivity index (χ3v) is 2.55. The van der Waals surface area contributed by atoms with E-state index in [1.165, 1.54) is 0 Å². The third kappa shape index (κ3) is 6.21. The molecule has 0 aromatic rings. The number of hydrogen-bond donors (Lipinski definition) is 1. The zero-order valence-electron chi connectivity index (χ0n) is 10.1. The van der Waals surface area contributed by atoms with E-state index in [2.05, 4.69) is 29.1 Å². The van der Waals surface area contributed by atoms with Gasteiger partial charge in [0.15, 0.2) is 6.61 Å². The molecular formula is C10H19F3N2O2. The first-order valence-corrected chi connectivity index (χ1v) is 5.65. The quantitative estimate of drug-likeness (QED) is 0.591. The van der Waals surface area contributed by atoms with Crippen LogP contribution in [0.4, 0.5) is 13.2 Å². The molecule has 17 heavy (non-hydrogen) atoms. The minimum absolute atomic E-state index is 0.126. The highest BCUT2D eigenvalue weighted by Gasteiger charge is 2.28. The maximum atomic E-state index is 11.8. The summed E-state index contributed by atoms with van der Waals surface area (Å²) in [4.78, 5) is 6.54. The third-order valence-electron chi connectivity index (χ3n) is 2.55. The van der Waals surface area contributed by atoms with Crippen LogP contribution in [-0.2, 0) is 9.57 Å². The summed E-state index contributed by atoms with van der Waals surface area (Å²) in [6.45, 7) is 5.31. The van der Waals surface area contributed by atoms with Crippen molar-refractivity contribution >= 4 is 0 Å². The molecule has 1 heterocycles. The van der Waals surface area contributed by atoms with Gasteiger partial charge in [-0.2, -0.15) is 18.7 Å². The summed E-state index contributed by atoms with van der Waals surface area (Å²) < 4.78 is 40.8. The second kappa shape index (κ2) is 6.53. The largest absolute Gasteiger partial charge is 0.413 e. The second-order valence-corrected chi connectivity index (χ2v) is 4.33.